The second-order valence-corrected chi connectivity index (χ2v) is 12.4. The van der Waals surface area contributed by atoms with Crippen molar-refractivity contribution in [3.63, 3.8) is 0 Å². The number of Topliss-reactive ketones (excluding diaryl/α,β-unsaturated/α-hetero) is 1. The maximum atomic E-state index is 14.6. The van der Waals surface area contributed by atoms with Crippen LogP contribution in [0.1, 0.15) is 27.0 Å². The number of anilines is 2. The van der Waals surface area contributed by atoms with Crippen LogP contribution in [0.25, 0.3) is 22.2 Å². The van der Waals surface area contributed by atoms with Crippen LogP contribution in [0.2, 0.25) is 0 Å². The summed E-state index contributed by atoms with van der Waals surface area (Å²) in [7, 11) is 3.01. The minimum atomic E-state index is -1.21. The zero-order valence-corrected chi connectivity index (χ0v) is 27.9. The monoisotopic (exact) mass is 685 g/mol. The molecule has 0 radical (unpaired) electrons. The lowest BCUT2D eigenvalue weighted by Gasteiger charge is -2.32. The van der Waals surface area contributed by atoms with Crippen LogP contribution in [-0.4, -0.2) is 59.1 Å². The summed E-state index contributed by atoms with van der Waals surface area (Å²) in [6, 6.07) is 27.5. The standard InChI is InChI=1S/C38H31N5O6S/c1-48-24-16-17-29(32(18-24)49-2)41-37(46)35(27-19-39-28-14-8-6-12-25(27)28)43(20-33-40-30(22-50-33)23-10-4-3-5-11-23)34(44)21-42-31-15-9-7-13-26(31)36(45)38(42)47/h3-19,22,35,39H,20-21H2,1-2H3,(H,41,46). The smallest absolute Gasteiger partial charge is 0.299 e. The van der Waals surface area contributed by atoms with Gasteiger partial charge in [-0.1, -0.05) is 60.7 Å². The average Bonchev–Trinajstić information content (AvgIpc) is 3.86. The van der Waals surface area contributed by atoms with Gasteiger partial charge in [-0.25, -0.2) is 4.98 Å². The van der Waals surface area contributed by atoms with Gasteiger partial charge in [0.15, 0.2) is 0 Å². The third kappa shape index (κ3) is 6.08. The number of aromatic amines is 1. The number of hydrogen-bond acceptors (Lipinski definition) is 8. The Labute approximate surface area is 291 Å². The van der Waals surface area contributed by atoms with E-state index in [-0.39, 0.29) is 12.1 Å². The first-order chi connectivity index (χ1) is 24.4. The van der Waals surface area contributed by atoms with Crippen molar-refractivity contribution >= 4 is 57.1 Å². The van der Waals surface area contributed by atoms with E-state index < -0.39 is 36.1 Å². The van der Waals surface area contributed by atoms with Gasteiger partial charge >= 0.3 is 0 Å². The number of nitrogens with one attached hydrogen (secondary N) is 2. The molecule has 0 fully saturated rings. The molecule has 12 heteroatoms. The van der Waals surface area contributed by atoms with Crippen molar-refractivity contribution in [2.45, 2.75) is 12.6 Å². The molecule has 1 unspecified atom stereocenters. The van der Waals surface area contributed by atoms with Gasteiger partial charge in [0.2, 0.25) is 5.91 Å². The Balaban J connectivity index is 1.32. The van der Waals surface area contributed by atoms with Crippen LogP contribution in [0, 0.1) is 0 Å². The average molecular weight is 686 g/mol. The van der Waals surface area contributed by atoms with E-state index in [1.807, 2.05) is 60.0 Å². The third-order valence-corrected chi connectivity index (χ3v) is 9.40. The number of ketones is 1. The zero-order valence-electron chi connectivity index (χ0n) is 27.1. The summed E-state index contributed by atoms with van der Waals surface area (Å²) < 4.78 is 10.9. The Morgan fingerprint density at radius 1 is 0.940 bits per heavy atom. The number of hydrogen-bond donors (Lipinski definition) is 2. The SMILES string of the molecule is COc1ccc(NC(=O)C(c2c[nH]c3ccccc23)N(Cc2nc(-c3ccccc3)cs2)C(=O)CN2C(=O)C(=O)c3ccccc32)c(OC)c1. The molecule has 0 aliphatic carbocycles. The number of para-hydroxylation sites is 2. The second-order valence-electron chi connectivity index (χ2n) is 11.5. The van der Waals surface area contributed by atoms with Crippen LogP contribution in [0.3, 0.4) is 0 Å². The van der Waals surface area contributed by atoms with Crippen LogP contribution in [0.15, 0.2) is 109 Å². The molecule has 250 valence electrons. The number of fused-ring (bicyclic) bond motifs is 2. The van der Waals surface area contributed by atoms with Crippen molar-refractivity contribution in [3.05, 3.63) is 125 Å². The van der Waals surface area contributed by atoms with Gasteiger partial charge in [-0.15, -0.1) is 11.3 Å². The summed E-state index contributed by atoms with van der Waals surface area (Å²) in [6.45, 7) is -0.540. The molecule has 3 amide bonds. The molecule has 0 saturated carbocycles. The number of benzene rings is 4. The number of H-pyrrole nitrogens is 1. The number of rotatable bonds is 11. The quantitative estimate of drug-likeness (QED) is 0.154. The minimum absolute atomic E-state index is 0.0642. The fraction of sp³-hybridized carbons (Fsp3) is 0.132. The fourth-order valence-electron chi connectivity index (χ4n) is 6.10. The number of aromatic nitrogens is 2. The van der Waals surface area contributed by atoms with Gasteiger partial charge in [0.25, 0.3) is 17.6 Å². The Morgan fingerprint density at radius 2 is 1.70 bits per heavy atom. The molecule has 11 nitrogen and oxygen atoms in total. The third-order valence-electron chi connectivity index (χ3n) is 8.56. The highest BCUT2D eigenvalue weighted by Crippen LogP contribution is 2.36. The number of amides is 3. The largest absolute Gasteiger partial charge is 0.497 e. The van der Waals surface area contributed by atoms with E-state index in [0.717, 1.165) is 22.2 Å². The molecule has 1 aliphatic heterocycles. The minimum Gasteiger partial charge on any atom is -0.497 e. The van der Waals surface area contributed by atoms with Gasteiger partial charge < -0.3 is 24.7 Å². The van der Waals surface area contributed by atoms with Crippen molar-refractivity contribution in [2.75, 3.05) is 31.0 Å². The lowest BCUT2D eigenvalue weighted by Crippen LogP contribution is -2.46. The lowest BCUT2D eigenvalue weighted by molar-refractivity contribution is -0.139. The summed E-state index contributed by atoms with van der Waals surface area (Å²) in [6.07, 6.45) is 1.71. The predicted octanol–water partition coefficient (Wildman–Crippen LogP) is 6.25. The van der Waals surface area contributed by atoms with Gasteiger partial charge in [-0.2, -0.15) is 0 Å². The number of ether oxygens (including phenoxy) is 2. The number of carbonyl (C=O) groups excluding carboxylic acids is 4. The number of methoxy groups -OCH3 is 2. The first-order valence-electron chi connectivity index (χ1n) is 15.7. The van der Waals surface area contributed by atoms with Crippen molar-refractivity contribution in [1.82, 2.24) is 14.9 Å². The molecule has 50 heavy (non-hydrogen) atoms. The number of nitrogens with zero attached hydrogens (tertiary/aromatic N) is 3. The van der Waals surface area contributed by atoms with E-state index in [2.05, 4.69) is 10.3 Å². The molecule has 7 rings (SSSR count). The Kier molecular flexibility index (Phi) is 8.84. The van der Waals surface area contributed by atoms with E-state index in [1.165, 1.54) is 35.4 Å². The van der Waals surface area contributed by atoms with Gasteiger partial charge in [-0.05, 0) is 30.3 Å². The molecule has 1 atom stereocenters. The summed E-state index contributed by atoms with van der Waals surface area (Å²) in [5.41, 5.74) is 3.86. The Bertz CT molecular complexity index is 2250. The molecule has 2 aromatic heterocycles. The first kappa shape index (κ1) is 32.3. The molecule has 3 heterocycles. The Hall–Kier alpha value is -6.27. The lowest BCUT2D eigenvalue weighted by atomic mass is 10.0. The fourth-order valence-corrected chi connectivity index (χ4v) is 6.90. The zero-order chi connectivity index (χ0) is 34.8. The van der Waals surface area contributed by atoms with Crippen molar-refractivity contribution < 1.29 is 28.7 Å². The Morgan fingerprint density at radius 3 is 2.50 bits per heavy atom. The highest BCUT2D eigenvalue weighted by molar-refractivity contribution is 7.09. The second kappa shape index (κ2) is 13.7. The summed E-state index contributed by atoms with van der Waals surface area (Å²) in [4.78, 5) is 66.0. The van der Waals surface area contributed by atoms with Gasteiger partial charge in [-0.3, -0.25) is 24.1 Å². The highest BCUT2D eigenvalue weighted by Gasteiger charge is 2.40. The van der Waals surface area contributed by atoms with Crippen LogP contribution in [0.4, 0.5) is 11.4 Å². The molecule has 1 aliphatic rings. The molecule has 4 aromatic carbocycles. The van der Waals surface area contributed by atoms with Crippen molar-refractivity contribution in [1.29, 1.82) is 0 Å². The molecule has 2 N–H and O–H groups in total. The van der Waals surface area contributed by atoms with Gasteiger partial charge in [0, 0.05) is 39.7 Å². The number of thiazole rings is 1. The molecular weight excluding hydrogens is 655 g/mol. The van der Waals surface area contributed by atoms with Crippen molar-refractivity contribution in [3.8, 4) is 22.8 Å². The summed E-state index contributed by atoms with van der Waals surface area (Å²) >= 11 is 1.35. The van der Waals surface area contributed by atoms with Crippen LogP contribution < -0.4 is 19.7 Å². The first-order valence-corrected chi connectivity index (χ1v) is 16.6. The molecule has 0 spiro atoms. The highest BCUT2D eigenvalue weighted by atomic mass is 32.1. The topological polar surface area (TPSA) is 134 Å². The van der Waals surface area contributed by atoms with E-state index in [9.17, 15) is 19.2 Å². The number of carbonyl (C=O) groups is 4. The molecule has 0 saturated heterocycles. The molecular formula is C38H31N5O6S. The predicted molar refractivity (Wildman–Crippen MR) is 190 cm³/mol. The van der Waals surface area contributed by atoms with E-state index in [4.69, 9.17) is 14.5 Å². The van der Waals surface area contributed by atoms with Gasteiger partial charge in [0.05, 0.1) is 43.4 Å². The van der Waals surface area contributed by atoms with Crippen LogP contribution in [0.5, 0.6) is 11.5 Å². The molecule has 0 bridgehead atoms. The van der Waals surface area contributed by atoms with E-state index in [0.29, 0.717) is 33.4 Å². The maximum absolute atomic E-state index is 14.6. The van der Waals surface area contributed by atoms with Crippen molar-refractivity contribution in [2.24, 2.45) is 0 Å². The van der Waals surface area contributed by atoms with Crippen LogP contribution in [-0.2, 0) is 20.9 Å². The van der Waals surface area contributed by atoms with Gasteiger partial charge in [0.1, 0.15) is 29.1 Å². The summed E-state index contributed by atoms with van der Waals surface area (Å²) in [5, 5.41) is 6.16. The normalized spacial score (nSPS) is 12.9. The van der Waals surface area contributed by atoms with Crippen LogP contribution >= 0.6 is 11.3 Å². The molecule has 6 aromatic rings. The van der Waals surface area contributed by atoms with E-state index >= 15 is 0 Å². The summed E-state index contributed by atoms with van der Waals surface area (Å²) in [5.74, 6) is -1.70. The van der Waals surface area contributed by atoms with E-state index in [1.54, 1.807) is 48.7 Å². The maximum Gasteiger partial charge on any atom is 0.299 e.